The summed E-state index contributed by atoms with van der Waals surface area (Å²) in [6.07, 6.45) is -3.91. The Labute approximate surface area is 145 Å². The Kier molecular flexibility index (Phi) is 4.43. The summed E-state index contributed by atoms with van der Waals surface area (Å²) >= 11 is 0. The number of rotatable bonds is 3. The largest absolute Gasteiger partial charge is 0.494 e. The molecule has 0 aliphatic carbocycles. The molecule has 0 spiro atoms. The molecule has 0 saturated carbocycles. The molecule has 0 radical (unpaired) electrons. The van der Waals surface area contributed by atoms with Crippen molar-refractivity contribution in [2.24, 2.45) is 0 Å². The minimum absolute atomic E-state index is 0.289. The summed E-state index contributed by atoms with van der Waals surface area (Å²) in [5.74, 6) is 0.859. The standard InChI is InChI=1S/C20H21F3O2/c1-4-24-13-9-10-15-16(12-19(2,3)25-18(15)11-13)14-7-5-6-8-17(14)20(21,22)23/h5-11,16H,4,12H2,1-3H3. The molecule has 3 rings (SSSR count). The number of benzene rings is 2. The lowest BCUT2D eigenvalue weighted by molar-refractivity contribution is -0.138. The first-order valence-corrected chi connectivity index (χ1v) is 8.33. The fourth-order valence-electron chi connectivity index (χ4n) is 3.42. The molecule has 134 valence electrons. The lowest BCUT2D eigenvalue weighted by atomic mass is 9.78. The van der Waals surface area contributed by atoms with Gasteiger partial charge in [-0.15, -0.1) is 0 Å². The summed E-state index contributed by atoms with van der Waals surface area (Å²) in [6, 6.07) is 11.2. The maximum Gasteiger partial charge on any atom is 0.416 e. The number of ether oxygens (including phenoxy) is 2. The molecule has 0 saturated heterocycles. The van der Waals surface area contributed by atoms with Crippen LogP contribution < -0.4 is 9.47 Å². The highest BCUT2D eigenvalue weighted by molar-refractivity contribution is 5.50. The molecular formula is C20H21F3O2. The smallest absolute Gasteiger partial charge is 0.416 e. The molecule has 0 fully saturated rings. The van der Waals surface area contributed by atoms with Crippen molar-refractivity contribution in [1.82, 2.24) is 0 Å². The summed E-state index contributed by atoms with van der Waals surface area (Å²) in [4.78, 5) is 0. The van der Waals surface area contributed by atoms with Gasteiger partial charge in [0.15, 0.2) is 0 Å². The van der Waals surface area contributed by atoms with Crippen LogP contribution in [0.15, 0.2) is 42.5 Å². The Hall–Kier alpha value is -2.17. The van der Waals surface area contributed by atoms with Crippen molar-refractivity contribution in [3.63, 3.8) is 0 Å². The van der Waals surface area contributed by atoms with E-state index in [-0.39, 0.29) is 11.5 Å². The van der Waals surface area contributed by atoms with Gasteiger partial charge in [-0.3, -0.25) is 0 Å². The van der Waals surface area contributed by atoms with E-state index in [9.17, 15) is 13.2 Å². The van der Waals surface area contributed by atoms with Crippen LogP contribution in [0.2, 0.25) is 0 Å². The van der Waals surface area contributed by atoms with Crippen molar-refractivity contribution in [3.8, 4) is 11.5 Å². The third kappa shape index (κ3) is 3.60. The van der Waals surface area contributed by atoms with Gasteiger partial charge in [-0.25, -0.2) is 0 Å². The van der Waals surface area contributed by atoms with Crippen molar-refractivity contribution in [2.75, 3.05) is 6.61 Å². The second-order valence-corrected chi connectivity index (χ2v) is 6.84. The first-order chi connectivity index (χ1) is 11.7. The van der Waals surface area contributed by atoms with Crippen molar-refractivity contribution in [1.29, 1.82) is 0 Å². The van der Waals surface area contributed by atoms with Crippen molar-refractivity contribution >= 4 is 0 Å². The second-order valence-electron chi connectivity index (χ2n) is 6.84. The molecule has 5 heteroatoms. The lowest BCUT2D eigenvalue weighted by Gasteiger charge is -2.38. The van der Waals surface area contributed by atoms with E-state index >= 15 is 0 Å². The van der Waals surface area contributed by atoms with Gasteiger partial charge in [0.1, 0.15) is 17.1 Å². The molecule has 2 aromatic carbocycles. The summed E-state index contributed by atoms with van der Waals surface area (Å²) in [5.41, 5.74) is -0.102. The third-order valence-corrected chi connectivity index (χ3v) is 4.40. The van der Waals surface area contributed by atoms with Gasteiger partial charge >= 0.3 is 6.18 Å². The first kappa shape index (κ1) is 17.6. The van der Waals surface area contributed by atoms with E-state index < -0.39 is 17.3 Å². The third-order valence-electron chi connectivity index (χ3n) is 4.40. The normalized spacial score (nSPS) is 19.0. The molecule has 25 heavy (non-hydrogen) atoms. The van der Waals surface area contributed by atoms with Gasteiger partial charge in [-0.2, -0.15) is 13.2 Å². The van der Waals surface area contributed by atoms with Crippen LogP contribution in [0, 0.1) is 0 Å². The number of hydrogen-bond acceptors (Lipinski definition) is 2. The van der Waals surface area contributed by atoms with E-state index in [4.69, 9.17) is 9.47 Å². The molecule has 0 N–H and O–H groups in total. The molecular weight excluding hydrogens is 329 g/mol. The minimum atomic E-state index is -4.38. The quantitative estimate of drug-likeness (QED) is 0.697. The van der Waals surface area contributed by atoms with Crippen LogP contribution in [0.3, 0.4) is 0 Å². The van der Waals surface area contributed by atoms with Crippen LogP contribution in [0.5, 0.6) is 11.5 Å². The van der Waals surface area contributed by atoms with E-state index in [1.54, 1.807) is 24.3 Å². The first-order valence-electron chi connectivity index (χ1n) is 8.33. The molecule has 1 unspecified atom stereocenters. The summed E-state index contributed by atoms with van der Waals surface area (Å²) < 4.78 is 52.0. The van der Waals surface area contributed by atoms with Gasteiger partial charge in [-0.1, -0.05) is 24.3 Å². The fourth-order valence-corrected chi connectivity index (χ4v) is 3.42. The minimum Gasteiger partial charge on any atom is -0.494 e. The molecule has 2 aromatic rings. The fraction of sp³-hybridized carbons (Fsp3) is 0.400. The zero-order chi connectivity index (χ0) is 18.2. The predicted molar refractivity (Wildman–Crippen MR) is 90.2 cm³/mol. The Balaban J connectivity index is 2.13. The Morgan fingerprint density at radius 3 is 2.52 bits per heavy atom. The maximum absolute atomic E-state index is 13.5. The van der Waals surface area contributed by atoms with Crippen LogP contribution in [0.25, 0.3) is 0 Å². The van der Waals surface area contributed by atoms with E-state index in [2.05, 4.69) is 0 Å². The Morgan fingerprint density at radius 2 is 1.84 bits per heavy atom. The van der Waals surface area contributed by atoms with Gasteiger partial charge in [-0.05, 0) is 44.9 Å². The van der Waals surface area contributed by atoms with Gasteiger partial charge in [0.05, 0.1) is 12.2 Å². The lowest BCUT2D eigenvalue weighted by Crippen LogP contribution is -2.35. The average molecular weight is 350 g/mol. The zero-order valence-electron chi connectivity index (χ0n) is 14.5. The molecule has 1 aliphatic heterocycles. The molecule has 1 aliphatic rings. The SMILES string of the molecule is CCOc1ccc2c(c1)OC(C)(C)CC2c1ccccc1C(F)(F)F. The number of fused-ring (bicyclic) bond motifs is 1. The van der Waals surface area contributed by atoms with E-state index in [0.29, 0.717) is 24.5 Å². The van der Waals surface area contributed by atoms with Crippen molar-refractivity contribution < 1.29 is 22.6 Å². The second kappa shape index (κ2) is 6.28. The monoisotopic (exact) mass is 350 g/mol. The van der Waals surface area contributed by atoms with Crippen LogP contribution in [0.1, 0.15) is 49.8 Å². The number of hydrogen-bond donors (Lipinski definition) is 0. The maximum atomic E-state index is 13.5. The number of halogens is 3. The highest BCUT2D eigenvalue weighted by atomic mass is 19.4. The van der Waals surface area contributed by atoms with E-state index in [0.717, 1.165) is 11.6 Å². The molecule has 0 amide bonds. The van der Waals surface area contributed by atoms with Gasteiger partial charge in [0.25, 0.3) is 0 Å². The van der Waals surface area contributed by atoms with Crippen LogP contribution in [-0.2, 0) is 6.18 Å². The van der Waals surface area contributed by atoms with Gasteiger partial charge < -0.3 is 9.47 Å². The molecule has 1 heterocycles. The molecule has 1 atom stereocenters. The predicted octanol–water partition coefficient (Wildman–Crippen LogP) is 5.80. The van der Waals surface area contributed by atoms with Gasteiger partial charge in [0.2, 0.25) is 0 Å². The van der Waals surface area contributed by atoms with Crippen LogP contribution in [-0.4, -0.2) is 12.2 Å². The van der Waals surface area contributed by atoms with E-state index in [1.165, 1.54) is 6.07 Å². The Morgan fingerprint density at radius 1 is 1.12 bits per heavy atom. The van der Waals surface area contributed by atoms with Crippen LogP contribution in [0.4, 0.5) is 13.2 Å². The Bertz CT molecular complexity index is 766. The highest BCUT2D eigenvalue weighted by Crippen LogP contribution is 2.48. The number of alkyl halides is 3. The summed E-state index contributed by atoms with van der Waals surface area (Å²) in [6.45, 7) is 6.19. The zero-order valence-corrected chi connectivity index (χ0v) is 14.5. The average Bonchev–Trinajstić information content (AvgIpc) is 2.52. The topological polar surface area (TPSA) is 18.5 Å². The van der Waals surface area contributed by atoms with E-state index in [1.807, 2.05) is 26.8 Å². The summed E-state index contributed by atoms with van der Waals surface area (Å²) in [5, 5.41) is 0. The molecule has 0 aromatic heterocycles. The van der Waals surface area contributed by atoms with Crippen LogP contribution >= 0.6 is 0 Å². The highest BCUT2D eigenvalue weighted by Gasteiger charge is 2.40. The summed E-state index contributed by atoms with van der Waals surface area (Å²) in [7, 11) is 0. The molecule has 2 nitrogen and oxygen atoms in total. The van der Waals surface area contributed by atoms with Gasteiger partial charge in [0, 0.05) is 17.5 Å². The van der Waals surface area contributed by atoms with Crippen molar-refractivity contribution in [2.45, 2.75) is 44.9 Å². The van der Waals surface area contributed by atoms with Crippen molar-refractivity contribution in [3.05, 3.63) is 59.2 Å². The molecule has 0 bridgehead atoms.